The molecule has 2 aromatic carbocycles. The lowest BCUT2D eigenvalue weighted by molar-refractivity contribution is 0.415. The van der Waals surface area contributed by atoms with Crippen molar-refractivity contribution in [3.8, 4) is 22.6 Å². The van der Waals surface area contributed by atoms with Crippen LogP contribution in [0.15, 0.2) is 61.2 Å². The van der Waals surface area contributed by atoms with Crippen molar-refractivity contribution in [3.05, 3.63) is 66.7 Å². The van der Waals surface area contributed by atoms with Crippen LogP contribution in [0.25, 0.3) is 22.0 Å². The molecule has 2 N–H and O–H groups in total. The molecule has 2 aromatic heterocycles. The first-order valence-electron chi connectivity index (χ1n) is 9.11. The first-order valence-corrected chi connectivity index (χ1v) is 9.11. The first-order chi connectivity index (χ1) is 13.8. The summed E-state index contributed by atoms with van der Waals surface area (Å²) in [6.07, 6.45) is 6.28. The summed E-state index contributed by atoms with van der Waals surface area (Å²) in [4.78, 5) is 11.9. The number of fused-ring (bicyclic) bond motifs is 1. The average Bonchev–Trinajstić information content (AvgIpc) is 3.16. The Hall–Kier alpha value is -3.54. The summed E-state index contributed by atoms with van der Waals surface area (Å²) in [6, 6.07) is 14.0. The lowest BCUT2D eigenvalue weighted by atomic mass is 10.1. The average molecular weight is 374 g/mol. The van der Waals surface area contributed by atoms with Gasteiger partial charge in [0.25, 0.3) is 0 Å². The van der Waals surface area contributed by atoms with Crippen LogP contribution in [0.4, 0.5) is 5.82 Å². The minimum absolute atomic E-state index is 0.748. The highest BCUT2D eigenvalue weighted by molar-refractivity contribution is 5.84. The Morgan fingerprint density at radius 3 is 2.75 bits per heavy atom. The Labute approximate surface area is 163 Å². The molecule has 0 aliphatic heterocycles. The Bertz CT molecular complexity index is 1090. The summed E-state index contributed by atoms with van der Waals surface area (Å²) in [6.45, 7) is 0.748. The summed E-state index contributed by atoms with van der Waals surface area (Å²) < 4.78 is 10.7. The zero-order valence-electron chi connectivity index (χ0n) is 15.9. The molecule has 0 spiro atoms. The summed E-state index contributed by atoms with van der Waals surface area (Å²) in [5.41, 5.74) is 4.30. The SMILES string of the molecule is COc1cccc(-c2cncnc2NCCc2c[nH]c3ccc(OC)cc23)c1. The van der Waals surface area contributed by atoms with E-state index in [0.29, 0.717) is 0 Å². The molecule has 6 nitrogen and oxygen atoms in total. The number of anilines is 1. The molecule has 6 heteroatoms. The lowest BCUT2D eigenvalue weighted by Crippen LogP contribution is -2.07. The predicted octanol–water partition coefficient (Wildman–Crippen LogP) is 4.30. The smallest absolute Gasteiger partial charge is 0.137 e. The van der Waals surface area contributed by atoms with Gasteiger partial charge in [0.2, 0.25) is 0 Å². The molecule has 142 valence electrons. The van der Waals surface area contributed by atoms with Gasteiger partial charge in [0.05, 0.1) is 14.2 Å². The highest BCUT2D eigenvalue weighted by atomic mass is 16.5. The molecule has 0 atom stereocenters. The second-order valence-electron chi connectivity index (χ2n) is 6.42. The maximum atomic E-state index is 5.35. The van der Waals surface area contributed by atoms with E-state index in [-0.39, 0.29) is 0 Å². The Morgan fingerprint density at radius 1 is 1.04 bits per heavy atom. The normalized spacial score (nSPS) is 10.8. The number of ether oxygens (including phenoxy) is 2. The summed E-state index contributed by atoms with van der Waals surface area (Å²) in [5, 5.41) is 4.62. The molecule has 28 heavy (non-hydrogen) atoms. The van der Waals surface area contributed by atoms with Gasteiger partial charge < -0.3 is 19.8 Å². The Kier molecular flexibility index (Phi) is 5.10. The number of aromatic amines is 1. The fourth-order valence-corrected chi connectivity index (χ4v) is 3.28. The molecule has 2 heterocycles. The van der Waals surface area contributed by atoms with Crippen molar-refractivity contribution < 1.29 is 9.47 Å². The zero-order valence-corrected chi connectivity index (χ0v) is 15.9. The molecule has 0 unspecified atom stereocenters. The molecule has 0 aliphatic rings. The third kappa shape index (κ3) is 3.62. The molecular formula is C22H22N4O2. The van der Waals surface area contributed by atoms with Crippen molar-refractivity contribution >= 4 is 16.7 Å². The van der Waals surface area contributed by atoms with Crippen molar-refractivity contribution in [2.75, 3.05) is 26.1 Å². The predicted molar refractivity (Wildman–Crippen MR) is 111 cm³/mol. The second-order valence-corrected chi connectivity index (χ2v) is 6.42. The van der Waals surface area contributed by atoms with Crippen LogP contribution in [0.5, 0.6) is 11.5 Å². The fourth-order valence-electron chi connectivity index (χ4n) is 3.28. The van der Waals surface area contributed by atoms with E-state index >= 15 is 0 Å². The maximum absolute atomic E-state index is 5.35. The molecule has 4 aromatic rings. The quantitative estimate of drug-likeness (QED) is 0.505. The number of hydrogen-bond acceptors (Lipinski definition) is 5. The van der Waals surface area contributed by atoms with E-state index in [0.717, 1.165) is 46.9 Å². The number of aromatic nitrogens is 3. The van der Waals surface area contributed by atoms with Crippen LogP contribution >= 0.6 is 0 Å². The number of rotatable bonds is 7. The van der Waals surface area contributed by atoms with Gasteiger partial charge in [-0.3, -0.25) is 0 Å². The topological polar surface area (TPSA) is 72.1 Å². The first kappa shape index (κ1) is 17.9. The highest BCUT2D eigenvalue weighted by Crippen LogP contribution is 2.28. The van der Waals surface area contributed by atoms with Crippen LogP contribution in [0.3, 0.4) is 0 Å². The zero-order chi connectivity index (χ0) is 19.3. The Balaban J connectivity index is 1.52. The third-order valence-corrected chi connectivity index (χ3v) is 4.75. The van der Waals surface area contributed by atoms with Crippen LogP contribution in [-0.4, -0.2) is 35.7 Å². The van der Waals surface area contributed by atoms with E-state index in [9.17, 15) is 0 Å². The van der Waals surface area contributed by atoms with Gasteiger partial charge in [-0.15, -0.1) is 0 Å². The van der Waals surface area contributed by atoms with Crippen molar-refractivity contribution in [1.82, 2.24) is 15.0 Å². The van der Waals surface area contributed by atoms with Gasteiger partial charge in [-0.2, -0.15) is 0 Å². The van der Waals surface area contributed by atoms with Crippen molar-refractivity contribution in [2.45, 2.75) is 6.42 Å². The van der Waals surface area contributed by atoms with E-state index < -0.39 is 0 Å². The van der Waals surface area contributed by atoms with E-state index in [4.69, 9.17) is 9.47 Å². The van der Waals surface area contributed by atoms with Crippen LogP contribution in [0.1, 0.15) is 5.56 Å². The van der Waals surface area contributed by atoms with Crippen molar-refractivity contribution in [2.24, 2.45) is 0 Å². The number of benzene rings is 2. The number of methoxy groups -OCH3 is 2. The van der Waals surface area contributed by atoms with Gasteiger partial charge in [0, 0.05) is 35.4 Å². The Morgan fingerprint density at radius 2 is 1.89 bits per heavy atom. The third-order valence-electron chi connectivity index (χ3n) is 4.75. The monoisotopic (exact) mass is 374 g/mol. The number of nitrogens with zero attached hydrogens (tertiary/aromatic N) is 2. The van der Waals surface area contributed by atoms with Crippen LogP contribution in [0.2, 0.25) is 0 Å². The van der Waals surface area contributed by atoms with Crippen molar-refractivity contribution in [3.63, 3.8) is 0 Å². The number of H-pyrrole nitrogens is 1. The molecule has 0 amide bonds. The molecular weight excluding hydrogens is 352 g/mol. The highest BCUT2D eigenvalue weighted by Gasteiger charge is 2.09. The molecule has 0 fully saturated rings. The van der Waals surface area contributed by atoms with E-state index in [2.05, 4.69) is 32.5 Å². The largest absolute Gasteiger partial charge is 0.497 e. The summed E-state index contributed by atoms with van der Waals surface area (Å²) in [5.74, 6) is 2.47. The van der Waals surface area contributed by atoms with Gasteiger partial charge in [0.1, 0.15) is 23.6 Å². The van der Waals surface area contributed by atoms with Gasteiger partial charge in [-0.25, -0.2) is 9.97 Å². The fraction of sp³-hybridized carbons (Fsp3) is 0.182. The van der Waals surface area contributed by atoms with E-state index in [1.807, 2.05) is 42.6 Å². The van der Waals surface area contributed by atoms with Crippen LogP contribution < -0.4 is 14.8 Å². The van der Waals surface area contributed by atoms with Gasteiger partial charge >= 0.3 is 0 Å². The molecule has 0 saturated carbocycles. The van der Waals surface area contributed by atoms with Gasteiger partial charge in [-0.05, 0) is 47.9 Å². The summed E-state index contributed by atoms with van der Waals surface area (Å²) >= 11 is 0. The van der Waals surface area contributed by atoms with Gasteiger partial charge in [0.15, 0.2) is 0 Å². The molecule has 0 aliphatic carbocycles. The van der Waals surface area contributed by atoms with E-state index in [1.54, 1.807) is 20.5 Å². The van der Waals surface area contributed by atoms with Crippen molar-refractivity contribution in [1.29, 1.82) is 0 Å². The second kappa shape index (κ2) is 8.00. The number of nitrogens with one attached hydrogen (secondary N) is 2. The molecule has 0 radical (unpaired) electrons. The molecule has 0 bridgehead atoms. The lowest BCUT2D eigenvalue weighted by Gasteiger charge is -2.11. The molecule has 0 saturated heterocycles. The standard InChI is InChI=1S/C22H22N4O2/c1-27-17-5-3-4-15(10-17)20-13-23-14-26-22(20)24-9-8-16-12-25-21-7-6-18(28-2)11-19(16)21/h3-7,10-14,25H,8-9H2,1-2H3,(H,23,24,26). The minimum Gasteiger partial charge on any atom is -0.497 e. The van der Waals surface area contributed by atoms with Gasteiger partial charge in [-0.1, -0.05) is 12.1 Å². The minimum atomic E-state index is 0.748. The van der Waals surface area contributed by atoms with Crippen LogP contribution in [-0.2, 0) is 6.42 Å². The number of hydrogen-bond donors (Lipinski definition) is 2. The van der Waals surface area contributed by atoms with E-state index in [1.165, 1.54) is 10.9 Å². The van der Waals surface area contributed by atoms with Crippen LogP contribution in [0, 0.1) is 0 Å². The summed E-state index contributed by atoms with van der Waals surface area (Å²) in [7, 11) is 3.35. The maximum Gasteiger partial charge on any atom is 0.137 e. The molecule has 4 rings (SSSR count).